The number of anilines is 1. The van der Waals surface area contributed by atoms with Crippen LogP contribution in [0, 0.1) is 6.92 Å². The molecule has 1 aromatic rings. The number of nitrogens with zero attached hydrogens (tertiary/aromatic N) is 2. The SMILES string of the molecule is Cc1nc(NC2CCNCC2)nc2c1CCCC2. The fraction of sp³-hybridized carbons (Fsp3) is 0.714. The van der Waals surface area contributed by atoms with E-state index in [-0.39, 0.29) is 0 Å². The second-order valence-corrected chi connectivity index (χ2v) is 5.43. The van der Waals surface area contributed by atoms with Crippen molar-refractivity contribution in [3.05, 3.63) is 17.0 Å². The number of aromatic nitrogens is 2. The molecule has 18 heavy (non-hydrogen) atoms. The lowest BCUT2D eigenvalue weighted by Crippen LogP contribution is -2.36. The van der Waals surface area contributed by atoms with Crippen molar-refractivity contribution in [3.8, 4) is 0 Å². The van der Waals surface area contributed by atoms with E-state index in [4.69, 9.17) is 4.98 Å². The molecular weight excluding hydrogens is 224 g/mol. The van der Waals surface area contributed by atoms with Crippen LogP contribution in [0.3, 0.4) is 0 Å². The van der Waals surface area contributed by atoms with Gasteiger partial charge in [-0.05, 0) is 64.1 Å². The van der Waals surface area contributed by atoms with Gasteiger partial charge in [0.1, 0.15) is 0 Å². The van der Waals surface area contributed by atoms with Crippen LogP contribution in [0.4, 0.5) is 5.95 Å². The van der Waals surface area contributed by atoms with Gasteiger partial charge in [0.15, 0.2) is 0 Å². The number of aryl methyl sites for hydroxylation is 2. The lowest BCUT2D eigenvalue weighted by atomic mass is 9.95. The fourth-order valence-corrected chi connectivity index (χ4v) is 3.00. The van der Waals surface area contributed by atoms with E-state index in [1.54, 1.807) is 0 Å². The molecule has 98 valence electrons. The maximum atomic E-state index is 4.73. The molecule has 4 heteroatoms. The first kappa shape index (κ1) is 11.9. The minimum atomic E-state index is 0.535. The summed E-state index contributed by atoms with van der Waals surface area (Å²) in [5, 5.41) is 6.89. The van der Waals surface area contributed by atoms with Gasteiger partial charge in [-0.2, -0.15) is 0 Å². The van der Waals surface area contributed by atoms with Crippen molar-refractivity contribution in [2.24, 2.45) is 0 Å². The molecule has 0 unspecified atom stereocenters. The fourth-order valence-electron chi connectivity index (χ4n) is 3.00. The summed E-state index contributed by atoms with van der Waals surface area (Å²) in [6, 6.07) is 0.535. The third kappa shape index (κ3) is 2.48. The molecule has 1 fully saturated rings. The number of rotatable bonds is 2. The van der Waals surface area contributed by atoms with Gasteiger partial charge in [-0.3, -0.25) is 0 Å². The first-order chi connectivity index (χ1) is 8.83. The molecule has 1 aliphatic heterocycles. The highest BCUT2D eigenvalue weighted by molar-refractivity contribution is 5.36. The Morgan fingerprint density at radius 3 is 2.72 bits per heavy atom. The Balaban J connectivity index is 1.77. The van der Waals surface area contributed by atoms with E-state index in [0.29, 0.717) is 6.04 Å². The van der Waals surface area contributed by atoms with E-state index in [0.717, 1.165) is 31.9 Å². The van der Waals surface area contributed by atoms with Crippen LogP contribution in [-0.2, 0) is 12.8 Å². The van der Waals surface area contributed by atoms with Gasteiger partial charge < -0.3 is 10.6 Å². The van der Waals surface area contributed by atoms with Crippen LogP contribution < -0.4 is 10.6 Å². The second kappa shape index (κ2) is 5.22. The molecule has 0 spiro atoms. The molecule has 1 aromatic heterocycles. The molecule has 1 aliphatic carbocycles. The summed E-state index contributed by atoms with van der Waals surface area (Å²) in [7, 11) is 0. The molecule has 3 rings (SSSR count). The third-order valence-corrected chi connectivity index (χ3v) is 4.06. The summed E-state index contributed by atoms with van der Waals surface area (Å²) >= 11 is 0. The molecule has 0 radical (unpaired) electrons. The van der Waals surface area contributed by atoms with Crippen molar-refractivity contribution >= 4 is 5.95 Å². The van der Waals surface area contributed by atoms with Crippen molar-refractivity contribution in [2.75, 3.05) is 18.4 Å². The van der Waals surface area contributed by atoms with Crippen molar-refractivity contribution in [2.45, 2.75) is 51.5 Å². The monoisotopic (exact) mass is 246 g/mol. The second-order valence-electron chi connectivity index (χ2n) is 5.43. The zero-order chi connectivity index (χ0) is 12.4. The molecule has 2 N–H and O–H groups in total. The smallest absolute Gasteiger partial charge is 0.223 e. The Morgan fingerprint density at radius 1 is 1.11 bits per heavy atom. The van der Waals surface area contributed by atoms with Crippen LogP contribution in [0.1, 0.15) is 42.6 Å². The van der Waals surface area contributed by atoms with Gasteiger partial charge in [0.05, 0.1) is 0 Å². The normalized spacial score (nSPS) is 20.5. The predicted molar refractivity (Wildman–Crippen MR) is 72.9 cm³/mol. The highest BCUT2D eigenvalue weighted by Gasteiger charge is 2.18. The number of nitrogens with one attached hydrogen (secondary N) is 2. The van der Waals surface area contributed by atoms with Gasteiger partial charge in [0.25, 0.3) is 0 Å². The summed E-state index contributed by atoms with van der Waals surface area (Å²) in [6.07, 6.45) is 7.18. The number of fused-ring (bicyclic) bond motifs is 1. The quantitative estimate of drug-likeness (QED) is 0.836. The molecule has 0 aromatic carbocycles. The topological polar surface area (TPSA) is 49.8 Å². The minimum absolute atomic E-state index is 0.535. The highest BCUT2D eigenvalue weighted by Crippen LogP contribution is 2.23. The summed E-state index contributed by atoms with van der Waals surface area (Å²) in [5.41, 5.74) is 3.86. The van der Waals surface area contributed by atoms with Gasteiger partial charge in [-0.15, -0.1) is 0 Å². The number of piperidine rings is 1. The van der Waals surface area contributed by atoms with E-state index in [1.807, 2.05) is 0 Å². The van der Waals surface area contributed by atoms with E-state index in [1.165, 1.54) is 42.6 Å². The first-order valence-electron chi connectivity index (χ1n) is 7.16. The van der Waals surface area contributed by atoms with Gasteiger partial charge in [-0.1, -0.05) is 0 Å². The summed E-state index contributed by atoms with van der Waals surface area (Å²) < 4.78 is 0. The standard InChI is InChI=1S/C14H22N4/c1-10-12-4-2-3-5-13(12)18-14(16-10)17-11-6-8-15-9-7-11/h11,15H,2-9H2,1H3,(H,16,17,18). The van der Waals surface area contributed by atoms with Gasteiger partial charge in [0, 0.05) is 17.4 Å². The third-order valence-electron chi connectivity index (χ3n) is 4.06. The van der Waals surface area contributed by atoms with Gasteiger partial charge in [-0.25, -0.2) is 9.97 Å². The predicted octanol–water partition coefficient (Wildman–Crippen LogP) is 1.83. The average molecular weight is 246 g/mol. The van der Waals surface area contributed by atoms with Crippen molar-refractivity contribution in [1.82, 2.24) is 15.3 Å². The Kier molecular flexibility index (Phi) is 3.46. The average Bonchev–Trinajstić information content (AvgIpc) is 2.40. The van der Waals surface area contributed by atoms with Gasteiger partial charge >= 0.3 is 0 Å². The highest BCUT2D eigenvalue weighted by atomic mass is 15.1. The van der Waals surface area contributed by atoms with Crippen LogP contribution in [0.5, 0.6) is 0 Å². The Labute approximate surface area is 109 Å². The Morgan fingerprint density at radius 2 is 1.89 bits per heavy atom. The Hall–Kier alpha value is -1.16. The van der Waals surface area contributed by atoms with E-state index >= 15 is 0 Å². The summed E-state index contributed by atoms with van der Waals surface area (Å²) in [4.78, 5) is 9.36. The maximum absolute atomic E-state index is 4.73. The van der Waals surface area contributed by atoms with E-state index < -0.39 is 0 Å². The first-order valence-corrected chi connectivity index (χ1v) is 7.16. The van der Waals surface area contributed by atoms with Gasteiger partial charge in [0.2, 0.25) is 5.95 Å². The summed E-state index contributed by atoms with van der Waals surface area (Å²) in [6.45, 7) is 4.32. The van der Waals surface area contributed by atoms with E-state index in [9.17, 15) is 0 Å². The maximum Gasteiger partial charge on any atom is 0.223 e. The van der Waals surface area contributed by atoms with Crippen LogP contribution in [-0.4, -0.2) is 29.1 Å². The molecule has 1 saturated heterocycles. The lowest BCUT2D eigenvalue weighted by molar-refractivity contribution is 0.476. The molecule has 4 nitrogen and oxygen atoms in total. The van der Waals surface area contributed by atoms with Crippen molar-refractivity contribution in [1.29, 1.82) is 0 Å². The minimum Gasteiger partial charge on any atom is -0.351 e. The molecule has 0 atom stereocenters. The lowest BCUT2D eigenvalue weighted by Gasteiger charge is -2.25. The van der Waals surface area contributed by atoms with Crippen LogP contribution in [0.2, 0.25) is 0 Å². The van der Waals surface area contributed by atoms with Crippen LogP contribution >= 0.6 is 0 Å². The van der Waals surface area contributed by atoms with Crippen molar-refractivity contribution < 1.29 is 0 Å². The zero-order valence-corrected chi connectivity index (χ0v) is 11.1. The van der Waals surface area contributed by atoms with Crippen LogP contribution in [0.25, 0.3) is 0 Å². The molecule has 2 aliphatic rings. The van der Waals surface area contributed by atoms with Crippen LogP contribution in [0.15, 0.2) is 0 Å². The zero-order valence-electron chi connectivity index (χ0n) is 11.1. The number of hydrogen-bond acceptors (Lipinski definition) is 4. The molecule has 0 bridgehead atoms. The van der Waals surface area contributed by atoms with Crippen molar-refractivity contribution in [3.63, 3.8) is 0 Å². The largest absolute Gasteiger partial charge is 0.351 e. The molecule has 0 saturated carbocycles. The molecular formula is C14H22N4. The molecule has 2 heterocycles. The number of hydrogen-bond donors (Lipinski definition) is 2. The summed E-state index contributed by atoms with van der Waals surface area (Å²) in [5.74, 6) is 0.847. The Bertz CT molecular complexity index is 424. The molecule has 0 amide bonds. The van der Waals surface area contributed by atoms with E-state index in [2.05, 4.69) is 22.5 Å².